The molecule has 0 saturated heterocycles. The summed E-state index contributed by atoms with van der Waals surface area (Å²) >= 11 is 5.95. The van der Waals surface area contributed by atoms with E-state index in [2.05, 4.69) is 425 Å². The number of rotatable bonds is 24. The first-order chi connectivity index (χ1) is 70.8. The Kier molecular flexibility index (Phi) is 48.3. The predicted octanol–water partition coefficient (Wildman–Crippen LogP) is 43.0. The lowest BCUT2D eigenvalue weighted by molar-refractivity contribution is 0.579. The fourth-order valence-electron chi connectivity index (χ4n) is 15.9. The van der Waals surface area contributed by atoms with Crippen LogP contribution in [-0.4, -0.2) is 0 Å². The molecule has 6 heteroatoms. The van der Waals surface area contributed by atoms with Crippen molar-refractivity contribution in [3.05, 3.63) is 565 Å². The maximum Gasteiger partial charge on any atom is 0.133 e. The SMILES string of the molecule is CC(C)c1ccc(/C=C/c2c(F)cccc2F)cc1.CC(C)c1ccc(/C=C/c2ccc(F)cc2)cc1.CC(C)c1ccc(/C=C/c2cccc(Cl)c2)cc1.CC(C)c1ccc(/C=C/c2cccc(F)c2)cc1.CC(C)c1ccc(/C=C/c2ccccc2F)cc1.Cc1cc(C)c(/C=C/c2ccc(C(C)C)cc2)c(C)c1.Cc1cc(C)cc(/C=C/c2ccc(C(C)C)cc2)c1.Cc1cccc(/C=C/c2ccc(C(C)C)cc2)c1. The topological polar surface area (TPSA) is 0 Å². The molecule has 0 nitrogen and oxygen atoms in total. The average Bonchev–Trinajstić information content (AvgIpc) is 0.834. The van der Waals surface area contributed by atoms with Crippen molar-refractivity contribution < 1.29 is 22.0 Å². The highest BCUT2D eigenvalue weighted by atomic mass is 35.5. The van der Waals surface area contributed by atoms with Crippen LogP contribution in [0.1, 0.15) is 325 Å². The normalized spacial score (nSPS) is 11.4. The number of benzene rings is 16. The van der Waals surface area contributed by atoms with E-state index < -0.39 is 11.6 Å². The molecule has 16 aromatic carbocycles. The monoisotopic (exact) mass is 1990 g/mol. The van der Waals surface area contributed by atoms with Gasteiger partial charge in [0.25, 0.3) is 0 Å². The summed E-state index contributed by atoms with van der Waals surface area (Å²) in [5.74, 6) is 2.80. The quantitative estimate of drug-likeness (QED) is 0.0418. The van der Waals surface area contributed by atoms with Gasteiger partial charge in [-0.3, -0.25) is 0 Å². The van der Waals surface area contributed by atoms with E-state index in [0.717, 1.165) is 44.0 Å². The molecule has 16 rings (SSSR count). The Morgan fingerprint density at radius 2 is 0.405 bits per heavy atom. The molecule has 0 aliphatic rings. The number of hydrogen-bond donors (Lipinski definition) is 0. The van der Waals surface area contributed by atoms with Crippen molar-refractivity contribution in [2.75, 3.05) is 0 Å². The van der Waals surface area contributed by atoms with E-state index >= 15 is 0 Å². The lowest BCUT2D eigenvalue weighted by Gasteiger charge is -2.07. The van der Waals surface area contributed by atoms with E-state index in [0.29, 0.717) is 52.9 Å². The van der Waals surface area contributed by atoms with Crippen LogP contribution in [0.15, 0.2) is 364 Å². The molecular formula is C142H150ClF5. The smallest absolute Gasteiger partial charge is 0.133 e. The second kappa shape index (κ2) is 61.1. The first-order valence-electron chi connectivity index (χ1n) is 51.8. The molecule has 0 atom stereocenters. The van der Waals surface area contributed by atoms with Crippen LogP contribution in [-0.2, 0) is 0 Å². The Morgan fingerprint density at radius 1 is 0.169 bits per heavy atom. The van der Waals surface area contributed by atoms with Gasteiger partial charge in [-0.25, -0.2) is 22.0 Å². The molecular weight excluding hydrogens is 1840 g/mol. The Bertz CT molecular complexity index is 6660. The van der Waals surface area contributed by atoms with Crippen molar-refractivity contribution in [3.8, 4) is 0 Å². The van der Waals surface area contributed by atoms with Crippen LogP contribution >= 0.6 is 11.6 Å². The van der Waals surface area contributed by atoms with Gasteiger partial charge in [0, 0.05) is 16.1 Å². The first kappa shape index (κ1) is 117. The van der Waals surface area contributed by atoms with E-state index in [4.69, 9.17) is 11.6 Å². The fourth-order valence-corrected chi connectivity index (χ4v) is 16.1. The summed E-state index contributed by atoms with van der Waals surface area (Å²) < 4.78 is 66.0. The highest BCUT2D eigenvalue weighted by molar-refractivity contribution is 6.30. The van der Waals surface area contributed by atoms with E-state index in [9.17, 15) is 22.0 Å². The number of aryl methyl sites for hydroxylation is 6. The van der Waals surface area contributed by atoms with Gasteiger partial charge < -0.3 is 0 Å². The summed E-state index contributed by atoms with van der Waals surface area (Å²) in [4.78, 5) is 0. The third-order valence-corrected chi connectivity index (χ3v) is 25.2. The van der Waals surface area contributed by atoms with Crippen molar-refractivity contribution in [2.45, 2.75) is 200 Å². The van der Waals surface area contributed by atoms with Gasteiger partial charge in [0.05, 0.1) is 0 Å². The minimum absolute atomic E-state index is 0.00423. The molecule has 148 heavy (non-hydrogen) atoms. The van der Waals surface area contributed by atoms with Crippen LogP contribution in [0.4, 0.5) is 22.0 Å². The van der Waals surface area contributed by atoms with Crippen molar-refractivity contribution in [1.29, 1.82) is 0 Å². The highest BCUT2D eigenvalue weighted by Crippen LogP contribution is 2.29. The van der Waals surface area contributed by atoms with Crippen molar-refractivity contribution >= 4 is 109 Å². The van der Waals surface area contributed by atoms with Gasteiger partial charge in [-0.2, -0.15) is 0 Å². The third kappa shape index (κ3) is 42.1. The second-order valence-corrected chi connectivity index (χ2v) is 40.6. The van der Waals surface area contributed by atoms with E-state index in [1.165, 1.54) is 171 Å². The minimum atomic E-state index is -0.546. The molecule has 0 bridgehead atoms. The molecule has 0 fully saturated rings. The van der Waals surface area contributed by atoms with Crippen LogP contribution in [0.3, 0.4) is 0 Å². The largest absolute Gasteiger partial charge is 0.207 e. The Morgan fingerprint density at radius 3 is 0.709 bits per heavy atom. The number of hydrogen-bond acceptors (Lipinski definition) is 0. The zero-order valence-electron chi connectivity index (χ0n) is 90.8. The molecule has 760 valence electrons. The van der Waals surface area contributed by atoms with Crippen LogP contribution < -0.4 is 0 Å². The maximum absolute atomic E-state index is 13.4. The van der Waals surface area contributed by atoms with E-state index in [1.807, 2.05) is 91.0 Å². The Hall–Kier alpha value is -14.6. The Labute approximate surface area is 889 Å². The highest BCUT2D eigenvalue weighted by Gasteiger charge is 2.10. The molecule has 0 N–H and O–H groups in total. The van der Waals surface area contributed by atoms with Gasteiger partial charge in [-0.1, -0.05) is 545 Å². The van der Waals surface area contributed by atoms with Crippen LogP contribution in [0.5, 0.6) is 0 Å². The summed E-state index contributed by atoms with van der Waals surface area (Å²) in [6.45, 7) is 48.0. The zero-order valence-corrected chi connectivity index (χ0v) is 91.5. The average molecular weight is 1990 g/mol. The van der Waals surface area contributed by atoms with Gasteiger partial charge in [-0.05, 0) is 283 Å². The molecule has 0 aromatic heterocycles. The molecule has 0 heterocycles. The second-order valence-electron chi connectivity index (χ2n) is 40.2. The molecule has 0 unspecified atom stereocenters. The maximum atomic E-state index is 13.4. The van der Waals surface area contributed by atoms with E-state index in [-0.39, 0.29) is 23.0 Å². The molecule has 16 aromatic rings. The predicted molar refractivity (Wildman–Crippen MR) is 640 cm³/mol. The molecule has 0 aliphatic heterocycles. The Balaban J connectivity index is 0.000000188. The van der Waals surface area contributed by atoms with E-state index in [1.54, 1.807) is 42.5 Å². The van der Waals surface area contributed by atoms with Crippen molar-refractivity contribution in [2.24, 2.45) is 0 Å². The van der Waals surface area contributed by atoms with Gasteiger partial charge >= 0.3 is 0 Å². The van der Waals surface area contributed by atoms with Gasteiger partial charge in [-0.15, -0.1) is 0 Å². The summed E-state index contributed by atoms with van der Waals surface area (Å²) in [7, 11) is 0. The van der Waals surface area contributed by atoms with Crippen LogP contribution in [0.2, 0.25) is 5.02 Å². The van der Waals surface area contributed by atoms with Gasteiger partial charge in [0.15, 0.2) is 0 Å². The van der Waals surface area contributed by atoms with Gasteiger partial charge in [0.1, 0.15) is 29.1 Å². The molecule has 0 spiro atoms. The number of halogens is 6. The summed E-state index contributed by atoms with van der Waals surface area (Å²) in [5.41, 5.74) is 35.5. The molecule has 0 aliphatic carbocycles. The summed E-state index contributed by atoms with van der Waals surface area (Å²) in [5, 5.41) is 0.771. The molecule has 0 radical (unpaired) electrons. The first-order valence-corrected chi connectivity index (χ1v) is 52.2. The van der Waals surface area contributed by atoms with Crippen molar-refractivity contribution in [1.82, 2.24) is 0 Å². The molecule has 0 amide bonds. The lowest BCUT2D eigenvalue weighted by Crippen LogP contribution is -1.88. The standard InChI is InChI=1S/C20H24.C19H22.C18H20.C17H17Cl.C17H16F2.3C17H17F/c1-14(2)19-9-6-18(7-10-19)8-11-20-16(4)12-15(3)13-17(20)5;1-14(2)19-9-7-17(8-10-19)5-6-18-12-15(3)11-16(4)13-18;1-14(2)18-11-9-16(10-12-18)7-8-17-6-4-5-15(3)13-17;1-13(2)16-10-8-14(9-11-16)6-7-15-4-3-5-17(18)12-15;1-12(2)14-9-6-13(7-10-14)8-11-15-16(18)4-3-5-17(15)19;1-13(2)16-9-5-14(6-10-16)3-4-15-7-11-17(18)12-8-15;1-13(2)16-10-8-14(9-11-16)6-7-15-4-3-5-17(18)12-15;1-13(2)15-10-7-14(8-11-15)9-12-16-5-3-4-6-17(16)18/h6-14H,1-5H3;5-14H,1-4H3;4-14H,1-3H3;3-13H,1-2H3;3-12H,1-2H3;3*3-13H,1-2H3/b11-8+;6-5+;8-7+;7-6+;11-8+;4-3+;7-6+;12-9+. The summed E-state index contributed by atoms with van der Waals surface area (Å²) in [6.07, 6.45) is 32.2. The van der Waals surface area contributed by atoms with Crippen molar-refractivity contribution in [3.63, 3.8) is 0 Å². The van der Waals surface area contributed by atoms with Crippen LogP contribution in [0, 0.1) is 70.6 Å². The lowest BCUT2D eigenvalue weighted by atomic mass is 9.98. The fraction of sp³-hybridized carbons (Fsp3) is 0.211. The third-order valence-electron chi connectivity index (χ3n) is 25.0. The minimum Gasteiger partial charge on any atom is -0.207 e. The summed E-state index contributed by atoms with van der Waals surface area (Å²) in [6, 6.07) is 120. The molecule has 0 saturated carbocycles. The van der Waals surface area contributed by atoms with Crippen LogP contribution in [0.25, 0.3) is 97.2 Å². The van der Waals surface area contributed by atoms with Gasteiger partial charge in [0.2, 0.25) is 0 Å². The zero-order chi connectivity index (χ0) is 107.